The zero-order valence-electron chi connectivity index (χ0n) is 12.7. The summed E-state index contributed by atoms with van der Waals surface area (Å²) in [5.41, 5.74) is 0.588. The van der Waals surface area contributed by atoms with E-state index in [0.717, 1.165) is 45.3 Å². The van der Waals surface area contributed by atoms with E-state index in [4.69, 9.17) is 11.6 Å². The van der Waals surface area contributed by atoms with Crippen LogP contribution < -0.4 is 5.32 Å². The van der Waals surface area contributed by atoms with Gasteiger partial charge in [0.2, 0.25) is 5.91 Å². The first-order valence-electron chi connectivity index (χ1n) is 8.06. The van der Waals surface area contributed by atoms with Crippen molar-refractivity contribution >= 4 is 17.5 Å². The Morgan fingerprint density at radius 2 is 2.00 bits per heavy atom. The van der Waals surface area contributed by atoms with Crippen molar-refractivity contribution in [3.05, 3.63) is 34.6 Å². The molecule has 1 saturated heterocycles. The van der Waals surface area contributed by atoms with Crippen LogP contribution >= 0.6 is 11.6 Å². The smallest absolute Gasteiger partial charge is 0.223 e. The number of carbonyl (C=O) groups is 1. The number of nitrogens with zero attached hydrogens (tertiary/aromatic N) is 1. The Bertz CT molecular complexity index is 519. The molecule has 1 aromatic rings. The highest BCUT2D eigenvalue weighted by molar-refractivity contribution is 6.31. The maximum atomic E-state index is 13.8. The molecule has 1 aliphatic heterocycles. The fourth-order valence-electron chi connectivity index (χ4n) is 2.99. The molecule has 1 heterocycles. The molecular formula is C17H22ClFN2O. The third kappa shape index (κ3) is 3.99. The Labute approximate surface area is 135 Å². The van der Waals surface area contributed by atoms with Crippen LogP contribution in [0.25, 0.3) is 0 Å². The molecule has 0 unspecified atom stereocenters. The number of hydrogen-bond acceptors (Lipinski definition) is 2. The molecule has 1 aliphatic carbocycles. The number of benzene rings is 1. The second-order valence-corrected chi connectivity index (χ2v) is 6.85. The number of halogens is 2. The van der Waals surface area contributed by atoms with Gasteiger partial charge in [0, 0.05) is 29.6 Å². The highest BCUT2D eigenvalue weighted by Gasteiger charge is 2.30. The SMILES string of the molecule is O=C(NCC1CCN(Cc2c(F)cccc2Cl)CC1)C1CC1. The van der Waals surface area contributed by atoms with Crippen LogP contribution in [0.3, 0.4) is 0 Å². The van der Waals surface area contributed by atoms with Crippen molar-refractivity contribution in [3.8, 4) is 0 Å². The minimum atomic E-state index is -0.230. The molecule has 0 bridgehead atoms. The number of rotatable bonds is 5. The van der Waals surface area contributed by atoms with E-state index in [1.54, 1.807) is 12.1 Å². The van der Waals surface area contributed by atoms with Crippen molar-refractivity contribution in [2.75, 3.05) is 19.6 Å². The molecule has 2 fully saturated rings. The van der Waals surface area contributed by atoms with Gasteiger partial charge >= 0.3 is 0 Å². The van der Waals surface area contributed by atoms with E-state index in [0.29, 0.717) is 23.0 Å². The third-order valence-electron chi connectivity index (χ3n) is 4.66. The van der Waals surface area contributed by atoms with Gasteiger partial charge < -0.3 is 5.32 Å². The average Bonchev–Trinajstić information content (AvgIpc) is 3.35. The van der Waals surface area contributed by atoms with Gasteiger partial charge in [-0.25, -0.2) is 4.39 Å². The summed E-state index contributed by atoms with van der Waals surface area (Å²) in [5.74, 6) is 0.810. The molecule has 1 amide bonds. The summed E-state index contributed by atoms with van der Waals surface area (Å²) in [6, 6.07) is 4.83. The van der Waals surface area contributed by atoms with Gasteiger partial charge in [-0.3, -0.25) is 9.69 Å². The lowest BCUT2D eigenvalue weighted by Gasteiger charge is -2.32. The Kier molecular flexibility index (Phi) is 4.99. The molecule has 0 spiro atoms. The molecule has 0 atom stereocenters. The molecule has 5 heteroatoms. The van der Waals surface area contributed by atoms with Crippen LogP contribution in [0.15, 0.2) is 18.2 Å². The molecule has 1 N–H and O–H groups in total. The number of piperidine rings is 1. The van der Waals surface area contributed by atoms with Crippen molar-refractivity contribution in [1.29, 1.82) is 0 Å². The van der Waals surface area contributed by atoms with Crippen LogP contribution in [0.4, 0.5) is 4.39 Å². The summed E-state index contributed by atoms with van der Waals surface area (Å²) in [5, 5.41) is 3.56. The summed E-state index contributed by atoms with van der Waals surface area (Å²) >= 11 is 6.08. The number of nitrogens with one attached hydrogen (secondary N) is 1. The van der Waals surface area contributed by atoms with Crippen LogP contribution in [0.2, 0.25) is 5.02 Å². The molecule has 0 radical (unpaired) electrons. The minimum Gasteiger partial charge on any atom is -0.356 e. The van der Waals surface area contributed by atoms with Crippen molar-refractivity contribution in [2.24, 2.45) is 11.8 Å². The predicted molar refractivity (Wildman–Crippen MR) is 85.1 cm³/mol. The van der Waals surface area contributed by atoms with E-state index < -0.39 is 0 Å². The second kappa shape index (κ2) is 6.97. The van der Waals surface area contributed by atoms with Gasteiger partial charge in [0.15, 0.2) is 0 Å². The lowest BCUT2D eigenvalue weighted by Crippen LogP contribution is -2.38. The van der Waals surface area contributed by atoms with Gasteiger partial charge in [-0.05, 0) is 56.8 Å². The standard InChI is InChI=1S/C17H22ClFN2O/c18-15-2-1-3-16(19)14(15)11-21-8-6-12(7-9-21)10-20-17(22)13-4-5-13/h1-3,12-13H,4-11H2,(H,20,22). The van der Waals surface area contributed by atoms with Crippen molar-refractivity contribution in [2.45, 2.75) is 32.2 Å². The summed E-state index contributed by atoms with van der Waals surface area (Å²) < 4.78 is 13.8. The van der Waals surface area contributed by atoms with E-state index >= 15 is 0 Å². The predicted octanol–water partition coefficient (Wildman–Crippen LogP) is 3.22. The number of carbonyl (C=O) groups excluding carboxylic acids is 1. The molecule has 1 aromatic carbocycles. The van der Waals surface area contributed by atoms with Crippen LogP contribution in [-0.2, 0) is 11.3 Å². The van der Waals surface area contributed by atoms with E-state index in [2.05, 4.69) is 10.2 Å². The third-order valence-corrected chi connectivity index (χ3v) is 5.02. The maximum Gasteiger partial charge on any atom is 0.223 e. The van der Waals surface area contributed by atoms with Gasteiger partial charge in [-0.1, -0.05) is 17.7 Å². The van der Waals surface area contributed by atoms with E-state index in [9.17, 15) is 9.18 Å². The van der Waals surface area contributed by atoms with Gasteiger partial charge in [0.1, 0.15) is 5.82 Å². The van der Waals surface area contributed by atoms with Gasteiger partial charge in [0.25, 0.3) is 0 Å². The minimum absolute atomic E-state index is 0.223. The summed E-state index contributed by atoms with van der Waals surface area (Å²) in [4.78, 5) is 13.9. The molecular weight excluding hydrogens is 303 g/mol. The maximum absolute atomic E-state index is 13.8. The zero-order chi connectivity index (χ0) is 15.5. The fourth-order valence-corrected chi connectivity index (χ4v) is 3.21. The lowest BCUT2D eigenvalue weighted by atomic mass is 9.96. The highest BCUT2D eigenvalue weighted by atomic mass is 35.5. The number of likely N-dealkylation sites (tertiary alicyclic amines) is 1. The highest BCUT2D eigenvalue weighted by Crippen LogP contribution is 2.29. The van der Waals surface area contributed by atoms with Crippen LogP contribution in [0, 0.1) is 17.7 Å². The fraction of sp³-hybridized carbons (Fsp3) is 0.588. The Balaban J connectivity index is 1.44. The molecule has 3 nitrogen and oxygen atoms in total. The Hall–Kier alpha value is -1.13. The van der Waals surface area contributed by atoms with Gasteiger partial charge in [-0.2, -0.15) is 0 Å². The van der Waals surface area contributed by atoms with Crippen molar-refractivity contribution in [3.63, 3.8) is 0 Å². The summed E-state index contributed by atoms with van der Waals surface area (Å²) in [6.07, 6.45) is 4.18. The summed E-state index contributed by atoms with van der Waals surface area (Å²) in [7, 11) is 0. The largest absolute Gasteiger partial charge is 0.356 e. The van der Waals surface area contributed by atoms with Crippen molar-refractivity contribution in [1.82, 2.24) is 10.2 Å². The Morgan fingerprint density at radius 1 is 1.27 bits per heavy atom. The average molecular weight is 325 g/mol. The van der Waals surface area contributed by atoms with Crippen LogP contribution in [0.1, 0.15) is 31.2 Å². The van der Waals surface area contributed by atoms with E-state index in [1.165, 1.54) is 6.07 Å². The van der Waals surface area contributed by atoms with Crippen LogP contribution in [-0.4, -0.2) is 30.4 Å². The first kappa shape index (κ1) is 15.8. The topological polar surface area (TPSA) is 32.3 Å². The molecule has 2 aliphatic rings. The first-order chi connectivity index (χ1) is 10.6. The summed E-state index contributed by atoms with van der Waals surface area (Å²) in [6.45, 7) is 3.19. The number of amides is 1. The molecule has 0 aromatic heterocycles. The van der Waals surface area contributed by atoms with E-state index in [1.807, 2.05) is 0 Å². The molecule has 3 rings (SSSR count). The normalized spacial score (nSPS) is 20.1. The van der Waals surface area contributed by atoms with Gasteiger partial charge in [-0.15, -0.1) is 0 Å². The second-order valence-electron chi connectivity index (χ2n) is 6.44. The Morgan fingerprint density at radius 3 is 2.64 bits per heavy atom. The first-order valence-corrected chi connectivity index (χ1v) is 8.44. The van der Waals surface area contributed by atoms with E-state index in [-0.39, 0.29) is 17.6 Å². The number of hydrogen-bond donors (Lipinski definition) is 1. The molecule has 120 valence electrons. The quantitative estimate of drug-likeness (QED) is 0.902. The van der Waals surface area contributed by atoms with Crippen molar-refractivity contribution < 1.29 is 9.18 Å². The molecule has 1 saturated carbocycles. The monoisotopic (exact) mass is 324 g/mol. The lowest BCUT2D eigenvalue weighted by molar-refractivity contribution is -0.122. The molecule has 22 heavy (non-hydrogen) atoms. The zero-order valence-corrected chi connectivity index (χ0v) is 13.4. The van der Waals surface area contributed by atoms with Crippen LogP contribution in [0.5, 0.6) is 0 Å². The van der Waals surface area contributed by atoms with Gasteiger partial charge in [0.05, 0.1) is 0 Å².